The minimum absolute atomic E-state index is 0.807. The summed E-state index contributed by atoms with van der Waals surface area (Å²) >= 11 is 0. The second-order valence-corrected chi connectivity index (χ2v) is 5.01. The normalized spacial score (nSPS) is 11.1. The number of hydrogen-bond acceptors (Lipinski definition) is 4. The van der Waals surface area contributed by atoms with E-state index in [0.29, 0.717) is 0 Å². The summed E-state index contributed by atoms with van der Waals surface area (Å²) in [4.78, 5) is 2.30. The molecule has 0 fully saturated rings. The molecule has 0 spiro atoms. The van der Waals surface area contributed by atoms with Gasteiger partial charge in [-0.15, -0.1) is 0 Å². The van der Waals surface area contributed by atoms with Crippen molar-refractivity contribution in [3.8, 4) is 5.75 Å². The van der Waals surface area contributed by atoms with Crippen molar-refractivity contribution in [3.05, 3.63) is 29.3 Å². The molecule has 0 radical (unpaired) electrons. The Morgan fingerprint density at radius 3 is 2.70 bits per heavy atom. The van der Waals surface area contributed by atoms with Crippen LogP contribution in [0.1, 0.15) is 24.5 Å². The van der Waals surface area contributed by atoms with E-state index < -0.39 is 0 Å². The first-order valence-electron chi connectivity index (χ1n) is 7.25. The topological polar surface area (TPSA) is 33.7 Å². The molecule has 114 valence electrons. The molecule has 0 unspecified atom stereocenters. The van der Waals surface area contributed by atoms with Gasteiger partial charge < -0.3 is 19.7 Å². The van der Waals surface area contributed by atoms with Crippen molar-refractivity contribution in [1.29, 1.82) is 0 Å². The van der Waals surface area contributed by atoms with E-state index in [4.69, 9.17) is 9.47 Å². The zero-order chi connectivity index (χ0) is 14.8. The molecule has 0 aliphatic rings. The maximum atomic E-state index is 5.46. The summed E-state index contributed by atoms with van der Waals surface area (Å²) in [5.74, 6) is 0.962. The smallest absolute Gasteiger partial charge is 0.123 e. The molecular formula is C16H28N2O2. The highest BCUT2D eigenvalue weighted by molar-refractivity contribution is 5.37. The molecule has 0 aromatic heterocycles. The van der Waals surface area contributed by atoms with Gasteiger partial charge in [0.15, 0.2) is 0 Å². The molecule has 0 aliphatic heterocycles. The van der Waals surface area contributed by atoms with Gasteiger partial charge in [-0.3, -0.25) is 0 Å². The van der Waals surface area contributed by atoms with E-state index in [1.807, 2.05) is 0 Å². The Bertz CT molecular complexity index is 383. The third kappa shape index (κ3) is 5.90. The summed E-state index contributed by atoms with van der Waals surface area (Å²) in [5.41, 5.74) is 2.54. The minimum Gasteiger partial charge on any atom is -0.496 e. The predicted molar refractivity (Wildman–Crippen MR) is 83.2 cm³/mol. The fraction of sp³-hybridized carbons (Fsp3) is 0.625. The van der Waals surface area contributed by atoms with Crippen molar-refractivity contribution < 1.29 is 9.47 Å². The van der Waals surface area contributed by atoms with E-state index in [2.05, 4.69) is 42.4 Å². The van der Waals surface area contributed by atoms with Gasteiger partial charge in [-0.25, -0.2) is 0 Å². The fourth-order valence-electron chi connectivity index (χ4n) is 2.18. The van der Waals surface area contributed by atoms with Gasteiger partial charge in [-0.2, -0.15) is 0 Å². The number of rotatable bonds is 10. The first kappa shape index (κ1) is 17.0. The monoisotopic (exact) mass is 280 g/mol. The van der Waals surface area contributed by atoms with E-state index in [-0.39, 0.29) is 0 Å². The summed E-state index contributed by atoms with van der Waals surface area (Å²) in [6, 6.07) is 6.41. The summed E-state index contributed by atoms with van der Waals surface area (Å²) in [6.07, 6.45) is 1.05. The summed E-state index contributed by atoms with van der Waals surface area (Å²) in [7, 11) is 5.60. The van der Waals surface area contributed by atoms with E-state index in [9.17, 15) is 0 Å². The third-order valence-corrected chi connectivity index (χ3v) is 3.25. The average molecular weight is 280 g/mol. The Morgan fingerprint density at radius 2 is 2.05 bits per heavy atom. The van der Waals surface area contributed by atoms with Crippen LogP contribution < -0.4 is 10.1 Å². The zero-order valence-electron chi connectivity index (χ0n) is 13.2. The summed E-state index contributed by atoms with van der Waals surface area (Å²) in [6.45, 7) is 6.73. The molecule has 0 saturated carbocycles. The molecule has 4 nitrogen and oxygen atoms in total. The molecule has 0 saturated heterocycles. The molecule has 1 aromatic carbocycles. The van der Waals surface area contributed by atoms with E-state index in [1.165, 1.54) is 11.1 Å². The zero-order valence-corrected chi connectivity index (χ0v) is 13.2. The lowest BCUT2D eigenvalue weighted by Crippen LogP contribution is -2.21. The number of methoxy groups -OCH3 is 2. The van der Waals surface area contributed by atoms with Crippen LogP contribution in [0.15, 0.2) is 18.2 Å². The lowest BCUT2D eigenvalue weighted by molar-refractivity contribution is 0.178. The van der Waals surface area contributed by atoms with Crippen LogP contribution in [-0.4, -0.2) is 45.9 Å². The Kier molecular flexibility index (Phi) is 8.26. The van der Waals surface area contributed by atoms with Gasteiger partial charge in [-0.05, 0) is 37.7 Å². The molecule has 0 bridgehead atoms. The maximum Gasteiger partial charge on any atom is 0.123 e. The fourth-order valence-corrected chi connectivity index (χ4v) is 2.18. The number of nitrogens with zero attached hydrogens (tertiary/aromatic N) is 1. The van der Waals surface area contributed by atoms with Crippen molar-refractivity contribution in [2.24, 2.45) is 0 Å². The molecule has 0 aliphatic carbocycles. The molecule has 1 aromatic rings. The van der Waals surface area contributed by atoms with Gasteiger partial charge in [0.1, 0.15) is 5.75 Å². The number of hydrogen-bond donors (Lipinski definition) is 1. The van der Waals surface area contributed by atoms with Crippen LogP contribution >= 0.6 is 0 Å². The van der Waals surface area contributed by atoms with Crippen molar-refractivity contribution in [2.75, 3.05) is 41.0 Å². The second-order valence-electron chi connectivity index (χ2n) is 5.01. The standard InChI is InChI=1S/C16H28N2O2/c1-5-17-12-14-7-8-16(20-4)15(11-14)13-18(2)9-6-10-19-3/h7-8,11,17H,5-6,9-10,12-13H2,1-4H3. The molecule has 1 rings (SSSR count). The van der Waals surface area contributed by atoms with Crippen LogP contribution in [0.25, 0.3) is 0 Å². The highest BCUT2D eigenvalue weighted by atomic mass is 16.5. The van der Waals surface area contributed by atoms with E-state index in [0.717, 1.165) is 45.0 Å². The minimum atomic E-state index is 0.807. The SMILES string of the molecule is CCNCc1ccc(OC)c(CN(C)CCCOC)c1. The molecule has 20 heavy (non-hydrogen) atoms. The van der Waals surface area contributed by atoms with Gasteiger partial charge in [0, 0.05) is 38.9 Å². The van der Waals surface area contributed by atoms with Crippen LogP contribution in [0.3, 0.4) is 0 Å². The molecule has 4 heteroatoms. The van der Waals surface area contributed by atoms with Crippen LogP contribution in [0.5, 0.6) is 5.75 Å². The van der Waals surface area contributed by atoms with Crippen LogP contribution in [0.2, 0.25) is 0 Å². The van der Waals surface area contributed by atoms with E-state index >= 15 is 0 Å². The highest BCUT2D eigenvalue weighted by Crippen LogP contribution is 2.21. The summed E-state index contributed by atoms with van der Waals surface area (Å²) < 4.78 is 10.6. The molecular weight excluding hydrogens is 252 g/mol. The largest absolute Gasteiger partial charge is 0.496 e. The van der Waals surface area contributed by atoms with Crippen molar-refractivity contribution >= 4 is 0 Å². The Morgan fingerprint density at radius 1 is 1.25 bits per heavy atom. The van der Waals surface area contributed by atoms with Gasteiger partial charge in [0.05, 0.1) is 7.11 Å². The average Bonchev–Trinajstić information content (AvgIpc) is 2.45. The predicted octanol–water partition coefficient (Wildman–Crippen LogP) is 2.27. The first-order valence-corrected chi connectivity index (χ1v) is 7.25. The molecule has 0 amide bonds. The van der Waals surface area contributed by atoms with Gasteiger partial charge >= 0.3 is 0 Å². The van der Waals surface area contributed by atoms with Gasteiger partial charge in [0.2, 0.25) is 0 Å². The lowest BCUT2D eigenvalue weighted by Gasteiger charge is -2.19. The quantitative estimate of drug-likeness (QED) is 0.667. The first-order chi connectivity index (χ1) is 9.71. The number of nitrogens with one attached hydrogen (secondary N) is 1. The molecule has 0 heterocycles. The van der Waals surface area contributed by atoms with Crippen molar-refractivity contribution in [2.45, 2.75) is 26.4 Å². The second kappa shape index (κ2) is 9.75. The Balaban J connectivity index is 2.64. The Hall–Kier alpha value is -1.10. The maximum absolute atomic E-state index is 5.46. The van der Waals surface area contributed by atoms with Crippen molar-refractivity contribution in [1.82, 2.24) is 10.2 Å². The van der Waals surface area contributed by atoms with Gasteiger partial charge in [0.25, 0.3) is 0 Å². The third-order valence-electron chi connectivity index (χ3n) is 3.25. The highest BCUT2D eigenvalue weighted by Gasteiger charge is 2.07. The van der Waals surface area contributed by atoms with Crippen LogP contribution in [0.4, 0.5) is 0 Å². The van der Waals surface area contributed by atoms with Crippen molar-refractivity contribution in [3.63, 3.8) is 0 Å². The molecule has 1 N–H and O–H groups in total. The Labute approximate surface area is 123 Å². The number of benzene rings is 1. The van der Waals surface area contributed by atoms with Crippen LogP contribution in [0, 0.1) is 0 Å². The number of ether oxygens (including phenoxy) is 2. The summed E-state index contributed by atoms with van der Waals surface area (Å²) in [5, 5.41) is 3.35. The lowest BCUT2D eigenvalue weighted by atomic mass is 10.1. The van der Waals surface area contributed by atoms with Gasteiger partial charge in [-0.1, -0.05) is 13.0 Å². The van der Waals surface area contributed by atoms with E-state index in [1.54, 1.807) is 14.2 Å². The molecule has 0 atom stereocenters. The van der Waals surface area contributed by atoms with Crippen LogP contribution in [-0.2, 0) is 17.8 Å².